The lowest BCUT2D eigenvalue weighted by atomic mass is 10.1. The molecule has 0 heterocycles. The van der Waals surface area contributed by atoms with Crippen molar-refractivity contribution >= 4 is 5.91 Å². The molecule has 0 N–H and O–H groups in total. The van der Waals surface area contributed by atoms with Gasteiger partial charge in [0.05, 0.1) is 5.56 Å². The van der Waals surface area contributed by atoms with Gasteiger partial charge < -0.3 is 4.90 Å². The van der Waals surface area contributed by atoms with E-state index in [0.29, 0.717) is 12.1 Å². The summed E-state index contributed by atoms with van der Waals surface area (Å²) in [4.78, 5) is 13.7. The van der Waals surface area contributed by atoms with Gasteiger partial charge >= 0.3 is 6.18 Å². The molecule has 0 saturated heterocycles. The summed E-state index contributed by atoms with van der Waals surface area (Å²) in [6, 6.07) is 2.36. The highest BCUT2D eigenvalue weighted by molar-refractivity contribution is 5.95. The Labute approximate surface area is 113 Å². The van der Waals surface area contributed by atoms with Crippen LogP contribution in [-0.2, 0) is 6.18 Å². The number of nitrogens with zero attached hydrogens (tertiary/aromatic N) is 1. The second kappa shape index (κ2) is 5.26. The van der Waals surface area contributed by atoms with Gasteiger partial charge in [-0.05, 0) is 31.0 Å². The quantitative estimate of drug-likeness (QED) is 0.611. The zero-order valence-electron chi connectivity index (χ0n) is 10.6. The van der Waals surface area contributed by atoms with Crippen LogP contribution in [0.25, 0.3) is 0 Å². The van der Waals surface area contributed by atoms with Crippen molar-refractivity contribution in [3.8, 4) is 0 Å². The van der Waals surface area contributed by atoms with Gasteiger partial charge in [0.2, 0.25) is 0 Å². The molecule has 0 bridgehead atoms. The lowest BCUT2D eigenvalue weighted by Gasteiger charge is -2.21. The van der Waals surface area contributed by atoms with E-state index in [-0.39, 0.29) is 18.2 Å². The first-order valence-corrected chi connectivity index (χ1v) is 6.13. The van der Waals surface area contributed by atoms with E-state index >= 15 is 0 Å². The van der Waals surface area contributed by atoms with Crippen LogP contribution in [-0.4, -0.2) is 23.4 Å². The molecule has 1 aromatic rings. The molecule has 1 aliphatic rings. The Morgan fingerprint density at radius 2 is 2.05 bits per heavy atom. The lowest BCUT2D eigenvalue weighted by Crippen LogP contribution is -2.33. The average Bonchev–Trinajstić information content (AvgIpc) is 3.18. The van der Waals surface area contributed by atoms with Gasteiger partial charge in [0.25, 0.3) is 5.91 Å². The van der Waals surface area contributed by atoms with Crippen LogP contribution in [0, 0.1) is 5.82 Å². The van der Waals surface area contributed by atoms with Crippen molar-refractivity contribution < 1.29 is 22.4 Å². The second-order valence-electron chi connectivity index (χ2n) is 4.67. The van der Waals surface area contributed by atoms with Crippen LogP contribution >= 0.6 is 0 Å². The van der Waals surface area contributed by atoms with Crippen molar-refractivity contribution in [2.75, 3.05) is 6.54 Å². The molecule has 0 aromatic heterocycles. The third-order valence-corrected chi connectivity index (χ3v) is 3.09. The van der Waals surface area contributed by atoms with Crippen LogP contribution in [0.5, 0.6) is 0 Å². The van der Waals surface area contributed by atoms with Crippen LogP contribution in [0.2, 0.25) is 0 Å². The predicted molar refractivity (Wildman–Crippen MR) is 65.7 cm³/mol. The molecule has 2 rings (SSSR count). The van der Waals surface area contributed by atoms with Crippen molar-refractivity contribution in [1.82, 2.24) is 4.90 Å². The number of rotatable bonds is 4. The van der Waals surface area contributed by atoms with Crippen molar-refractivity contribution in [3.05, 3.63) is 47.8 Å². The summed E-state index contributed by atoms with van der Waals surface area (Å²) >= 11 is 0. The van der Waals surface area contributed by atoms with E-state index in [4.69, 9.17) is 0 Å². The number of benzene rings is 1. The molecule has 0 unspecified atom stereocenters. The van der Waals surface area contributed by atoms with E-state index in [0.717, 1.165) is 18.9 Å². The molecule has 1 amide bonds. The second-order valence-corrected chi connectivity index (χ2v) is 4.67. The molecular formula is C14H13F4NO. The minimum atomic E-state index is -4.82. The van der Waals surface area contributed by atoms with E-state index < -0.39 is 23.5 Å². The third-order valence-electron chi connectivity index (χ3n) is 3.09. The Hall–Kier alpha value is -1.85. The molecule has 0 aliphatic heterocycles. The Morgan fingerprint density at radius 1 is 1.40 bits per heavy atom. The van der Waals surface area contributed by atoms with Crippen molar-refractivity contribution in [2.45, 2.75) is 25.1 Å². The SMILES string of the molecule is C=CCN(C(=O)c1ccc(F)c(C(F)(F)F)c1)C1CC1. The Morgan fingerprint density at radius 3 is 2.55 bits per heavy atom. The van der Waals surface area contributed by atoms with Crippen LogP contribution in [0.4, 0.5) is 17.6 Å². The number of hydrogen-bond acceptors (Lipinski definition) is 1. The number of carbonyl (C=O) groups excluding carboxylic acids is 1. The topological polar surface area (TPSA) is 20.3 Å². The predicted octanol–water partition coefficient (Wildman–Crippen LogP) is 3.64. The minimum Gasteiger partial charge on any atom is -0.332 e. The fourth-order valence-electron chi connectivity index (χ4n) is 1.96. The molecule has 1 fully saturated rings. The summed E-state index contributed by atoms with van der Waals surface area (Å²) in [6.07, 6.45) is -1.65. The maximum absolute atomic E-state index is 13.2. The fourth-order valence-corrected chi connectivity index (χ4v) is 1.96. The Kier molecular flexibility index (Phi) is 3.83. The molecule has 1 saturated carbocycles. The lowest BCUT2D eigenvalue weighted by molar-refractivity contribution is -0.140. The van der Waals surface area contributed by atoms with E-state index in [1.807, 2.05) is 0 Å². The summed E-state index contributed by atoms with van der Waals surface area (Å²) in [7, 11) is 0. The van der Waals surface area contributed by atoms with Crippen molar-refractivity contribution in [3.63, 3.8) is 0 Å². The Balaban J connectivity index is 2.32. The van der Waals surface area contributed by atoms with Gasteiger partial charge in [-0.15, -0.1) is 6.58 Å². The van der Waals surface area contributed by atoms with Crippen molar-refractivity contribution in [1.29, 1.82) is 0 Å². The van der Waals surface area contributed by atoms with Gasteiger partial charge in [0.1, 0.15) is 5.82 Å². The smallest absolute Gasteiger partial charge is 0.332 e. The van der Waals surface area contributed by atoms with Gasteiger partial charge in [-0.3, -0.25) is 4.79 Å². The number of halogens is 4. The summed E-state index contributed by atoms with van der Waals surface area (Å²) < 4.78 is 51.1. The zero-order chi connectivity index (χ0) is 14.9. The van der Waals surface area contributed by atoms with Gasteiger partial charge in [0, 0.05) is 18.2 Å². The van der Waals surface area contributed by atoms with Crippen LogP contribution in [0.3, 0.4) is 0 Å². The summed E-state index contributed by atoms with van der Waals surface area (Å²) in [5, 5.41) is 0. The van der Waals surface area contributed by atoms with E-state index in [1.165, 1.54) is 11.0 Å². The normalized spacial score (nSPS) is 15.0. The zero-order valence-corrected chi connectivity index (χ0v) is 10.6. The molecule has 2 nitrogen and oxygen atoms in total. The van der Waals surface area contributed by atoms with Gasteiger partial charge in [-0.2, -0.15) is 13.2 Å². The van der Waals surface area contributed by atoms with E-state index in [2.05, 4.69) is 6.58 Å². The first-order valence-electron chi connectivity index (χ1n) is 6.13. The Bertz CT molecular complexity index is 534. The number of hydrogen-bond donors (Lipinski definition) is 0. The first kappa shape index (κ1) is 14.6. The van der Waals surface area contributed by atoms with E-state index in [1.54, 1.807) is 0 Å². The summed E-state index contributed by atoms with van der Waals surface area (Å²) in [6.45, 7) is 3.79. The summed E-state index contributed by atoms with van der Waals surface area (Å²) in [5.74, 6) is -1.91. The third kappa shape index (κ3) is 3.00. The molecule has 0 radical (unpaired) electrons. The van der Waals surface area contributed by atoms with Crippen LogP contribution in [0.15, 0.2) is 30.9 Å². The molecule has 0 atom stereocenters. The van der Waals surface area contributed by atoms with Gasteiger partial charge in [0.15, 0.2) is 0 Å². The molecule has 1 aliphatic carbocycles. The maximum Gasteiger partial charge on any atom is 0.419 e. The fraction of sp³-hybridized carbons (Fsp3) is 0.357. The number of alkyl halides is 3. The molecular weight excluding hydrogens is 274 g/mol. The monoisotopic (exact) mass is 287 g/mol. The average molecular weight is 287 g/mol. The highest BCUT2D eigenvalue weighted by atomic mass is 19.4. The van der Waals surface area contributed by atoms with Gasteiger partial charge in [-0.1, -0.05) is 6.08 Å². The van der Waals surface area contributed by atoms with E-state index in [9.17, 15) is 22.4 Å². The van der Waals surface area contributed by atoms with Gasteiger partial charge in [-0.25, -0.2) is 4.39 Å². The largest absolute Gasteiger partial charge is 0.419 e. The summed E-state index contributed by atoms with van der Waals surface area (Å²) in [5.41, 5.74) is -1.58. The molecule has 1 aromatic carbocycles. The standard InChI is InChI=1S/C14H13F4NO/c1-2-7-19(10-4-5-10)13(20)9-3-6-12(15)11(8-9)14(16,17)18/h2-3,6,8,10H,1,4-5,7H2. The number of amides is 1. The van der Waals surface area contributed by atoms with Crippen molar-refractivity contribution in [2.24, 2.45) is 0 Å². The first-order chi connectivity index (χ1) is 9.34. The van der Waals surface area contributed by atoms with Crippen LogP contribution in [0.1, 0.15) is 28.8 Å². The minimum absolute atomic E-state index is 0.0416. The molecule has 0 spiro atoms. The maximum atomic E-state index is 13.2. The molecule has 20 heavy (non-hydrogen) atoms. The molecule has 108 valence electrons. The van der Waals surface area contributed by atoms with Crippen LogP contribution < -0.4 is 0 Å². The molecule has 6 heteroatoms. The highest BCUT2D eigenvalue weighted by Gasteiger charge is 2.36. The number of carbonyl (C=O) groups is 1. The highest BCUT2D eigenvalue weighted by Crippen LogP contribution is 2.33.